The van der Waals surface area contributed by atoms with Gasteiger partial charge in [-0.05, 0) is 6.42 Å². The summed E-state index contributed by atoms with van der Waals surface area (Å²) in [5, 5.41) is 10.5. The highest BCUT2D eigenvalue weighted by molar-refractivity contribution is 5.81. The van der Waals surface area contributed by atoms with Gasteiger partial charge in [0.1, 0.15) is 0 Å². The molecule has 1 rings (SSSR count). The van der Waals surface area contributed by atoms with E-state index in [9.17, 15) is 4.79 Å². The van der Waals surface area contributed by atoms with Crippen LogP contribution in [0.4, 0.5) is 0 Å². The van der Waals surface area contributed by atoms with E-state index < -0.39 is 0 Å². The Morgan fingerprint density at radius 3 is 3.08 bits per heavy atom. The minimum absolute atomic E-state index is 0.104. The first-order valence-electron chi connectivity index (χ1n) is 4.83. The van der Waals surface area contributed by atoms with Gasteiger partial charge in [-0.25, -0.2) is 0 Å². The molecule has 0 bridgehead atoms. The topological polar surface area (TPSA) is 56.2 Å². The fourth-order valence-corrected chi connectivity index (χ4v) is 1.43. The van der Waals surface area contributed by atoms with Gasteiger partial charge in [0.25, 0.3) is 0 Å². The van der Waals surface area contributed by atoms with Crippen molar-refractivity contribution in [3.8, 4) is 0 Å². The van der Waals surface area contributed by atoms with Crippen LogP contribution in [0.5, 0.6) is 0 Å². The van der Waals surface area contributed by atoms with Crippen molar-refractivity contribution in [2.45, 2.75) is 26.2 Å². The summed E-state index contributed by atoms with van der Waals surface area (Å²) in [6, 6.07) is 0. The van der Waals surface area contributed by atoms with Crippen molar-refractivity contribution >= 4 is 11.7 Å². The normalized spacial score (nSPS) is 17.9. The fourth-order valence-electron chi connectivity index (χ4n) is 1.43. The zero-order chi connectivity index (χ0) is 9.68. The Labute approximate surface area is 78.8 Å². The standard InChI is InChI=1S/C9H17N3O/c1-2-3-8(10)12-6-4-9(13)11-5-7-12/h10H,2-7H2,1H3,(H,11,13). The minimum atomic E-state index is 0.104. The molecule has 0 saturated carbocycles. The molecule has 0 radical (unpaired) electrons. The van der Waals surface area contributed by atoms with Crippen LogP contribution < -0.4 is 5.32 Å². The second-order valence-electron chi connectivity index (χ2n) is 3.28. The molecule has 4 nitrogen and oxygen atoms in total. The van der Waals surface area contributed by atoms with Crippen LogP contribution >= 0.6 is 0 Å². The van der Waals surface area contributed by atoms with Crippen LogP contribution in [0.3, 0.4) is 0 Å². The van der Waals surface area contributed by atoms with Gasteiger partial charge in [0, 0.05) is 32.5 Å². The largest absolute Gasteiger partial charge is 0.358 e. The number of amides is 1. The summed E-state index contributed by atoms with van der Waals surface area (Å²) < 4.78 is 0. The monoisotopic (exact) mass is 183 g/mol. The van der Waals surface area contributed by atoms with E-state index in [1.165, 1.54) is 0 Å². The number of hydrogen-bond acceptors (Lipinski definition) is 2. The van der Waals surface area contributed by atoms with Gasteiger partial charge in [0.2, 0.25) is 5.91 Å². The maximum Gasteiger partial charge on any atom is 0.221 e. The number of carbonyl (C=O) groups is 1. The Kier molecular flexibility index (Phi) is 3.73. The predicted molar refractivity (Wildman–Crippen MR) is 51.8 cm³/mol. The summed E-state index contributed by atoms with van der Waals surface area (Å²) in [6.45, 7) is 4.22. The molecule has 1 aliphatic heterocycles. The number of nitrogens with one attached hydrogen (secondary N) is 2. The van der Waals surface area contributed by atoms with E-state index in [2.05, 4.69) is 12.2 Å². The molecule has 1 heterocycles. The summed E-state index contributed by atoms with van der Waals surface area (Å²) in [4.78, 5) is 13.0. The summed E-state index contributed by atoms with van der Waals surface area (Å²) in [7, 11) is 0. The summed E-state index contributed by atoms with van der Waals surface area (Å²) in [6.07, 6.45) is 2.33. The van der Waals surface area contributed by atoms with Crippen LogP contribution in [-0.4, -0.2) is 36.3 Å². The molecule has 1 saturated heterocycles. The summed E-state index contributed by atoms with van der Waals surface area (Å²) in [5.74, 6) is 0.769. The van der Waals surface area contributed by atoms with Gasteiger partial charge in [0.05, 0.1) is 5.84 Å². The second-order valence-corrected chi connectivity index (χ2v) is 3.28. The van der Waals surface area contributed by atoms with E-state index in [0.29, 0.717) is 25.3 Å². The van der Waals surface area contributed by atoms with Crippen molar-refractivity contribution in [3.05, 3.63) is 0 Å². The quantitative estimate of drug-likeness (QED) is 0.486. The lowest BCUT2D eigenvalue weighted by Gasteiger charge is -2.21. The van der Waals surface area contributed by atoms with Gasteiger partial charge in [0.15, 0.2) is 0 Å². The van der Waals surface area contributed by atoms with Gasteiger partial charge in [-0.15, -0.1) is 0 Å². The maximum absolute atomic E-state index is 11.0. The smallest absolute Gasteiger partial charge is 0.221 e. The minimum Gasteiger partial charge on any atom is -0.358 e. The molecule has 0 atom stereocenters. The van der Waals surface area contributed by atoms with Gasteiger partial charge < -0.3 is 10.2 Å². The SMILES string of the molecule is CCCC(=N)N1CCNC(=O)CC1. The molecule has 13 heavy (non-hydrogen) atoms. The lowest BCUT2D eigenvalue weighted by atomic mass is 10.2. The highest BCUT2D eigenvalue weighted by Gasteiger charge is 2.14. The second kappa shape index (κ2) is 4.84. The third kappa shape index (κ3) is 3.05. The highest BCUT2D eigenvalue weighted by atomic mass is 16.1. The van der Waals surface area contributed by atoms with Crippen LogP contribution in [0, 0.1) is 5.41 Å². The van der Waals surface area contributed by atoms with E-state index in [0.717, 1.165) is 19.4 Å². The Morgan fingerprint density at radius 2 is 2.38 bits per heavy atom. The van der Waals surface area contributed by atoms with Crippen molar-refractivity contribution in [2.24, 2.45) is 0 Å². The van der Waals surface area contributed by atoms with Crippen LogP contribution in [0.25, 0.3) is 0 Å². The molecule has 0 unspecified atom stereocenters. The van der Waals surface area contributed by atoms with Crippen molar-refractivity contribution < 1.29 is 4.79 Å². The van der Waals surface area contributed by atoms with E-state index in [-0.39, 0.29) is 5.91 Å². The van der Waals surface area contributed by atoms with Gasteiger partial charge >= 0.3 is 0 Å². The summed E-state index contributed by atoms with van der Waals surface area (Å²) in [5.41, 5.74) is 0. The molecular weight excluding hydrogens is 166 g/mol. The Hall–Kier alpha value is -1.06. The third-order valence-electron chi connectivity index (χ3n) is 2.18. The highest BCUT2D eigenvalue weighted by Crippen LogP contribution is 2.01. The number of nitrogens with zero attached hydrogens (tertiary/aromatic N) is 1. The van der Waals surface area contributed by atoms with E-state index >= 15 is 0 Å². The van der Waals surface area contributed by atoms with E-state index in [1.54, 1.807) is 0 Å². The van der Waals surface area contributed by atoms with Crippen LogP contribution in [-0.2, 0) is 4.79 Å². The van der Waals surface area contributed by atoms with Crippen molar-refractivity contribution in [2.75, 3.05) is 19.6 Å². The molecule has 74 valence electrons. The average molecular weight is 183 g/mol. The van der Waals surface area contributed by atoms with Crippen molar-refractivity contribution in [3.63, 3.8) is 0 Å². The lowest BCUT2D eigenvalue weighted by molar-refractivity contribution is -0.120. The van der Waals surface area contributed by atoms with Gasteiger partial charge in [-0.2, -0.15) is 0 Å². The van der Waals surface area contributed by atoms with Gasteiger partial charge in [-0.3, -0.25) is 10.2 Å². The fraction of sp³-hybridized carbons (Fsp3) is 0.778. The molecule has 0 aliphatic carbocycles. The first-order chi connectivity index (χ1) is 6.24. The molecule has 0 aromatic carbocycles. The third-order valence-corrected chi connectivity index (χ3v) is 2.18. The van der Waals surface area contributed by atoms with Gasteiger partial charge in [-0.1, -0.05) is 6.92 Å². The van der Waals surface area contributed by atoms with Crippen LogP contribution in [0.2, 0.25) is 0 Å². The Balaban J connectivity index is 2.41. The number of rotatable bonds is 2. The van der Waals surface area contributed by atoms with E-state index in [4.69, 9.17) is 5.41 Å². The molecule has 4 heteroatoms. The molecule has 2 N–H and O–H groups in total. The average Bonchev–Trinajstić information content (AvgIpc) is 2.30. The van der Waals surface area contributed by atoms with E-state index in [1.807, 2.05) is 4.90 Å². The number of amidine groups is 1. The predicted octanol–water partition coefficient (Wildman–Crippen LogP) is 0.586. The van der Waals surface area contributed by atoms with Crippen LogP contribution in [0.1, 0.15) is 26.2 Å². The molecule has 0 aromatic rings. The number of hydrogen-bond donors (Lipinski definition) is 2. The molecule has 1 amide bonds. The summed E-state index contributed by atoms with van der Waals surface area (Å²) >= 11 is 0. The molecule has 1 aliphatic rings. The Morgan fingerprint density at radius 1 is 1.62 bits per heavy atom. The zero-order valence-corrected chi connectivity index (χ0v) is 8.10. The molecular formula is C9H17N3O. The number of carbonyl (C=O) groups excluding carboxylic acids is 1. The van der Waals surface area contributed by atoms with Crippen molar-refractivity contribution in [1.82, 2.24) is 10.2 Å². The molecule has 1 fully saturated rings. The van der Waals surface area contributed by atoms with Crippen molar-refractivity contribution in [1.29, 1.82) is 5.41 Å². The van der Waals surface area contributed by atoms with Crippen LogP contribution in [0.15, 0.2) is 0 Å². The molecule has 0 aromatic heterocycles. The molecule has 0 spiro atoms. The first kappa shape index (κ1) is 10.0. The lowest BCUT2D eigenvalue weighted by Crippen LogP contribution is -2.33. The Bertz CT molecular complexity index is 203. The maximum atomic E-state index is 11.0. The zero-order valence-electron chi connectivity index (χ0n) is 8.10. The first-order valence-corrected chi connectivity index (χ1v) is 4.83.